The number of likely N-dealkylation sites (tertiary alicyclic amines) is 1. The second kappa shape index (κ2) is 11.0. The van der Waals surface area contributed by atoms with Crippen molar-refractivity contribution in [1.29, 1.82) is 0 Å². The lowest BCUT2D eigenvalue weighted by molar-refractivity contribution is -0.122. The maximum absolute atomic E-state index is 12.7. The monoisotopic (exact) mass is 411 g/mol. The third-order valence-corrected chi connectivity index (χ3v) is 5.68. The molecule has 30 heavy (non-hydrogen) atoms. The fourth-order valence-electron chi connectivity index (χ4n) is 3.98. The van der Waals surface area contributed by atoms with Gasteiger partial charge in [-0.1, -0.05) is 37.3 Å². The first-order valence-corrected chi connectivity index (χ1v) is 11.0. The van der Waals surface area contributed by atoms with Gasteiger partial charge in [0.2, 0.25) is 5.91 Å². The van der Waals surface area contributed by atoms with Crippen LogP contribution in [0.4, 0.5) is 0 Å². The maximum atomic E-state index is 12.7. The highest BCUT2D eigenvalue weighted by atomic mass is 16.3. The minimum atomic E-state index is -0.0647. The highest BCUT2D eigenvalue weighted by Gasteiger charge is 2.22. The summed E-state index contributed by atoms with van der Waals surface area (Å²) in [7, 11) is 0. The van der Waals surface area contributed by atoms with Gasteiger partial charge in [-0.2, -0.15) is 0 Å². The number of nitrogens with zero attached hydrogens (tertiary/aromatic N) is 2. The Labute approximate surface area is 179 Å². The van der Waals surface area contributed by atoms with Gasteiger partial charge in [0, 0.05) is 45.2 Å². The van der Waals surface area contributed by atoms with Crippen molar-refractivity contribution in [3.63, 3.8) is 0 Å². The zero-order valence-electron chi connectivity index (χ0n) is 18.1. The average Bonchev–Trinajstić information content (AvgIpc) is 3.18. The summed E-state index contributed by atoms with van der Waals surface area (Å²) in [6.07, 6.45) is 4.63. The van der Waals surface area contributed by atoms with Crippen LogP contribution in [-0.4, -0.2) is 53.8 Å². The van der Waals surface area contributed by atoms with Gasteiger partial charge in [0.05, 0.1) is 11.8 Å². The molecule has 6 heteroatoms. The van der Waals surface area contributed by atoms with E-state index in [1.807, 2.05) is 13.0 Å². The Morgan fingerprint density at radius 1 is 1.13 bits per heavy atom. The van der Waals surface area contributed by atoms with Crippen LogP contribution in [0, 0.1) is 6.92 Å². The predicted molar refractivity (Wildman–Crippen MR) is 117 cm³/mol. The molecule has 0 atom stereocenters. The highest BCUT2D eigenvalue weighted by molar-refractivity contribution is 5.95. The molecular formula is C24H33N3O3. The van der Waals surface area contributed by atoms with Crippen LogP contribution in [0.25, 0.3) is 0 Å². The molecule has 2 heterocycles. The van der Waals surface area contributed by atoms with Crippen LogP contribution in [0.15, 0.2) is 47.1 Å². The molecule has 0 unspecified atom stereocenters. The fourth-order valence-corrected chi connectivity index (χ4v) is 3.98. The number of carbonyl (C=O) groups excluding carboxylic acids is 2. The number of hydrogen-bond acceptors (Lipinski definition) is 4. The molecule has 3 rings (SSSR count). The molecule has 0 spiro atoms. The van der Waals surface area contributed by atoms with Crippen LogP contribution in [0.1, 0.15) is 54.3 Å². The number of hydrogen-bond donors (Lipinski definition) is 1. The van der Waals surface area contributed by atoms with Gasteiger partial charge in [-0.25, -0.2) is 0 Å². The van der Waals surface area contributed by atoms with Crippen molar-refractivity contribution in [3.8, 4) is 0 Å². The van der Waals surface area contributed by atoms with Crippen LogP contribution in [0.3, 0.4) is 0 Å². The van der Waals surface area contributed by atoms with E-state index in [0.717, 1.165) is 38.9 Å². The van der Waals surface area contributed by atoms with Gasteiger partial charge >= 0.3 is 0 Å². The summed E-state index contributed by atoms with van der Waals surface area (Å²) in [6.45, 7) is 7.81. The van der Waals surface area contributed by atoms with Gasteiger partial charge in [-0.3, -0.25) is 14.5 Å². The van der Waals surface area contributed by atoms with E-state index in [0.29, 0.717) is 30.8 Å². The molecular weight excluding hydrogens is 378 g/mol. The summed E-state index contributed by atoms with van der Waals surface area (Å²) in [5.41, 5.74) is 1.91. The first-order chi connectivity index (χ1) is 14.6. The van der Waals surface area contributed by atoms with Crippen molar-refractivity contribution < 1.29 is 14.0 Å². The van der Waals surface area contributed by atoms with Crippen molar-refractivity contribution >= 4 is 11.8 Å². The molecule has 2 aromatic rings. The summed E-state index contributed by atoms with van der Waals surface area (Å²) in [5, 5.41) is 3.16. The molecule has 2 amide bonds. The highest BCUT2D eigenvalue weighted by Crippen LogP contribution is 2.15. The number of nitrogens with one attached hydrogen (secondary N) is 1. The predicted octanol–water partition coefficient (Wildman–Crippen LogP) is 3.61. The van der Waals surface area contributed by atoms with Gasteiger partial charge in [-0.15, -0.1) is 0 Å². The lowest BCUT2D eigenvalue weighted by atomic mass is 10.0. The summed E-state index contributed by atoms with van der Waals surface area (Å²) in [5.74, 6) is 0.576. The van der Waals surface area contributed by atoms with Gasteiger partial charge in [0.1, 0.15) is 5.76 Å². The van der Waals surface area contributed by atoms with Crippen molar-refractivity contribution in [2.75, 3.05) is 26.2 Å². The van der Waals surface area contributed by atoms with Gasteiger partial charge < -0.3 is 14.6 Å². The summed E-state index contributed by atoms with van der Waals surface area (Å²) < 4.78 is 5.26. The SMILES string of the molecule is CCCN(CCC(=O)NC1CCN(Cc2ccccc2)CC1)C(=O)c1ccoc1C. The number of amides is 2. The molecule has 1 aromatic heterocycles. The van der Waals surface area contributed by atoms with E-state index in [1.54, 1.807) is 17.9 Å². The Bertz CT molecular complexity index is 810. The van der Waals surface area contributed by atoms with Crippen LogP contribution in [0.5, 0.6) is 0 Å². The average molecular weight is 412 g/mol. The lowest BCUT2D eigenvalue weighted by Crippen LogP contribution is -2.45. The minimum Gasteiger partial charge on any atom is -0.469 e. The largest absolute Gasteiger partial charge is 0.469 e. The molecule has 1 N–H and O–H groups in total. The molecule has 162 valence electrons. The number of piperidine rings is 1. The molecule has 1 fully saturated rings. The van der Waals surface area contributed by atoms with Crippen molar-refractivity contribution in [3.05, 3.63) is 59.5 Å². The zero-order chi connectivity index (χ0) is 21.3. The number of aryl methyl sites for hydroxylation is 1. The number of benzene rings is 1. The second-order valence-corrected chi connectivity index (χ2v) is 8.04. The first kappa shape index (κ1) is 22.1. The van der Waals surface area contributed by atoms with Crippen molar-refractivity contribution in [2.45, 2.75) is 52.1 Å². The molecule has 1 aliphatic heterocycles. The summed E-state index contributed by atoms with van der Waals surface area (Å²) in [6, 6.07) is 12.4. The Balaban J connectivity index is 1.41. The zero-order valence-corrected chi connectivity index (χ0v) is 18.1. The lowest BCUT2D eigenvalue weighted by Gasteiger charge is -2.32. The molecule has 0 saturated carbocycles. The standard InChI is InChI=1S/C24H33N3O3/c1-3-13-27(24(29)22-12-17-30-19(22)2)16-11-23(28)25-21-9-14-26(15-10-21)18-20-7-5-4-6-8-20/h4-8,12,17,21H,3,9-11,13-16,18H2,1-2H3,(H,25,28). The van der Waals surface area contributed by atoms with Crippen LogP contribution >= 0.6 is 0 Å². The molecule has 0 radical (unpaired) electrons. The number of carbonyl (C=O) groups is 2. The van der Waals surface area contributed by atoms with Crippen molar-refractivity contribution in [2.24, 2.45) is 0 Å². The molecule has 0 bridgehead atoms. The quantitative estimate of drug-likeness (QED) is 0.685. The summed E-state index contributed by atoms with van der Waals surface area (Å²) >= 11 is 0. The van der Waals surface area contributed by atoms with Crippen LogP contribution < -0.4 is 5.32 Å². The molecule has 6 nitrogen and oxygen atoms in total. The fraction of sp³-hybridized carbons (Fsp3) is 0.500. The second-order valence-electron chi connectivity index (χ2n) is 8.04. The Kier molecular flexibility index (Phi) is 8.08. The van der Waals surface area contributed by atoms with Crippen molar-refractivity contribution in [1.82, 2.24) is 15.1 Å². The Hall–Kier alpha value is -2.60. The van der Waals surface area contributed by atoms with E-state index in [2.05, 4.69) is 34.5 Å². The molecule has 1 aromatic carbocycles. The van der Waals surface area contributed by atoms with E-state index >= 15 is 0 Å². The Morgan fingerprint density at radius 2 is 1.87 bits per heavy atom. The summed E-state index contributed by atoms with van der Waals surface area (Å²) in [4.78, 5) is 29.4. The molecule has 1 aliphatic rings. The normalized spacial score (nSPS) is 15.1. The van der Waals surface area contributed by atoms with E-state index < -0.39 is 0 Å². The third kappa shape index (κ3) is 6.20. The maximum Gasteiger partial charge on any atom is 0.257 e. The van der Waals surface area contributed by atoms with Gasteiger partial charge in [0.15, 0.2) is 0 Å². The smallest absolute Gasteiger partial charge is 0.257 e. The number of furan rings is 1. The number of rotatable bonds is 9. The molecule has 0 aliphatic carbocycles. The Morgan fingerprint density at radius 3 is 2.50 bits per heavy atom. The van der Waals surface area contributed by atoms with Crippen LogP contribution in [-0.2, 0) is 11.3 Å². The van der Waals surface area contributed by atoms with E-state index in [4.69, 9.17) is 4.42 Å². The third-order valence-electron chi connectivity index (χ3n) is 5.68. The van der Waals surface area contributed by atoms with Crippen LogP contribution in [0.2, 0.25) is 0 Å². The topological polar surface area (TPSA) is 65.8 Å². The van der Waals surface area contributed by atoms with E-state index in [-0.39, 0.29) is 17.9 Å². The van der Waals surface area contributed by atoms with Gasteiger partial charge in [0.25, 0.3) is 5.91 Å². The molecule has 1 saturated heterocycles. The first-order valence-electron chi connectivity index (χ1n) is 11.0. The van der Waals surface area contributed by atoms with E-state index in [1.165, 1.54) is 11.8 Å². The van der Waals surface area contributed by atoms with Gasteiger partial charge in [-0.05, 0) is 37.8 Å². The minimum absolute atomic E-state index is 0.0225. The van der Waals surface area contributed by atoms with E-state index in [9.17, 15) is 9.59 Å².